The monoisotopic (exact) mass is 247 g/mol. The molecule has 0 atom stereocenters. The average molecular weight is 247 g/mol. The zero-order valence-corrected chi connectivity index (χ0v) is 11.2. The highest BCUT2D eigenvalue weighted by molar-refractivity contribution is 5.47. The molecule has 1 aromatic heterocycles. The van der Waals surface area contributed by atoms with Gasteiger partial charge in [-0.3, -0.25) is 9.88 Å². The Balaban J connectivity index is 1.74. The Labute approximate surface area is 109 Å². The molecule has 4 heteroatoms. The minimum atomic E-state index is 0.150. The van der Waals surface area contributed by atoms with Crippen LogP contribution >= 0.6 is 0 Å². The fraction of sp³-hybridized carbons (Fsp3) is 0.643. The van der Waals surface area contributed by atoms with Crippen molar-refractivity contribution in [3.05, 3.63) is 24.5 Å². The lowest BCUT2D eigenvalue weighted by molar-refractivity contribution is -0.0741. The van der Waals surface area contributed by atoms with Gasteiger partial charge in [-0.1, -0.05) is 0 Å². The average Bonchev–Trinajstić information content (AvgIpc) is 2.26. The van der Waals surface area contributed by atoms with E-state index in [4.69, 9.17) is 4.74 Å². The first-order valence-corrected chi connectivity index (χ1v) is 6.66. The number of rotatable bonds is 2. The third-order valence-electron chi connectivity index (χ3n) is 4.03. The number of nitrogens with zero attached hydrogens (tertiary/aromatic N) is 3. The van der Waals surface area contributed by atoms with E-state index in [1.54, 1.807) is 0 Å². The normalized spacial score (nSPS) is 24.9. The molecule has 2 saturated heterocycles. The maximum Gasteiger partial charge on any atom is 0.0645 e. The maximum absolute atomic E-state index is 5.30. The van der Waals surface area contributed by atoms with Crippen LogP contribution < -0.4 is 4.90 Å². The minimum Gasteiger partial charge on any atom is -0.378 e. The topological polar surface area (TPSA) is 28.6 Å². The molecule has 0 aliphatic carbocycles. The first kappa shape index (κ1) is 11.9. The molecule has 1 aromatic rings. The van der Waals surface area contributed by atoms with Gasteiger partial charge in [-0.25, -0.2) is 0 Å². The van der Waals surface area contributed by atoms with Crippen molar-refractivity contribution < 1.29 is 4.74 Å². The van der Waals surface area contributed by atoms with Crippen LogP contribution in [0.1, 0.15) is 13.8 Å². The highest BCUT2D eigenvalue weighted by Crippen LogP contribution is 2.29. The summed E-state index contributed by atoms with van der Waals surface area (Å²) >= 11 is 0. The molecule has 0 amide bonds. The van der Waals surface area contributed by atoms with E-state index in [1.165, 1.54) is 5.69 Å². The van der Waals surface area contributed by atoms with Gasteiger partial charge in [-0.2, -0.15) is 0 Å². The molecular weight excluding hydrogens is 226 g/mol. The number of piperazine rings is 1. The summed E-state index contributed by atoms with van der Waals surface area (Å²) in [6, 6.07) is 4.80. The van der Waals surface area contributed by atoms with Crippen molar-refractivity contribution in [3.63, 3.8) is 0 Å². The number of ether oxygens (including phenoxy) is 1. The first-order chi connectivity index (χ1) is 8.67. The largest absolute Gasteiger partial charge is 0.378 e. The Kier molecular flexibility index (Phi) is 2.99. The molecule has 2 fully saturated rings. The highest BCUT2D eigenvalue weighted by Gasteiger charge is 2.38. The van der Waals surface area contributed by atoms with E-state index in [0.29, 0.717) is 6.04 Å². The van der Waals surface area contributed by atoms with Crippen LogP contribution in [0, 0.1) is 0 Å². The number of hydrogen-bond donors (Lipinski definition) is 0. The Morgan fingerprint density at radius 1 is 1.33 bits per heavy atom. The summed E-state index contributed by atoms with van der Waals surface area (Å²) in [4.78, 5) is 9.27. The summed E-state index contributed by atoms with van der Waals surface area (Å²) < 4.78 is 5.30. The molecule has 0 aromatic carbocycles. The second-order valence-corrected chi connectivity index (χ2v) is 5.84. The molecular formula is C14H21N3O. The number of pyridine rings is 1. The van der Waals surface area contributed by atoms with Gasteiger partial charge in [0.05, 0.1) is 31.1 Å². The zero-order valence-electron chi connectivity index (χ0n) is 11.2. The molecule has 0 bridgehead atoms. The van der Waals surface area contributed by atoms with Crippen molar-refractivity contribution >= 4 is 5.69 Å². The summed E-state index contributed by atoms with van der Waals surface area (Å²) in [7, 11) is 0. The van der Waals surface area contributed by atoms with E-state index in [1.807, 2.05) is 18.5 Å². The van der Waals surface area contributed by atoms with Gasteiger partial charge in [0.1, 0.15) is 0 Å². The van der Waals surface area contributed by atoms with E-state index in [9.17, 15) is 0 Å². The Bertz CT molecular complexity index is 403. The van der Waals surface area contributed by atoms with Crippen molar-refractivity contribution in [2.75, 3.05) is 37.7 Å². The molecule has 0 N–H and O–H groups in total. The van der Waals surface area contributed by atoms with E-state index >= 15 is 0 Å². The van der Waals surface area contributed by atoms with Crippen LogP contribution in [0.25, 0.3) is 0 Å². The number of anilines is 1. The molecule has 0 spiro atoms. The standard InChI is InChI=1S/C14H21N3O/c1-14(2)11-16(13-9-18-10-13)6-7-17(14)12-4-3-5-15-8-12/h3-5,8,13H,6-7,9-11H2,1-2H3. The van der Waals surface area contributed by atoms with Crippen LogP contribution in [-0.2, 0) is 4.74 Å². The van der Waals surface area contributed by atoms with Gasteiger partial charge in [0.2, 0.25) is 0 Å². The van der Waals surface area contributed by atoms with Gasteiger partial charge in [-0.05, 0) is 26.0 Å². The van der Waals surface area contributed by atoms with Gasteiger partial charge in [-0.15, -0.1) is 0 Å². The van der Waals surface area contributed by atoms with Crippen LogP contribution in [0.5, 0.6) is 0 Å². The summed E-state index contributed by atoms with van der Waals surface area (Å²) in [6.07, 6.45) is 3.79. The SMILES string of the molecule is CC1(C)CN(C2COC2)CCN1c1cccnc1. The van der Waals surface area contributed by atoms with E-state index in [-0.39, 0.29) is 5.54 Å². The summed E-state index contributed by atoms with van der Waals surface area (Å²) in [5.74, 6) is 0. The molecule has 0 radical (unpaired) electrons. The first-order valence-electron chi connectivity index (χ1n) is 6.66. The second kappa shape index (κ2) is 4.52. The predicted molar refractivity (Wildman–Crippen MR) is 71.8 cm³/mol. The lowest BCUT2D eigenvalue weighted by Crippen LogP contribution is -2.64. The second-order valence-electron chi connectivity index (χ2n) is 5.84. The molecule has 2 aliphatic heterocycles. The van der Waals surface area contributed by atoms with Crippen LogP contribution in [-0.4, -0.2) is 54.3 Å². The van der Waals surface area contributed by atoms with Crippen molar-refractivity contribution in [2.24, 2.45) is 0 Å². The van der Waals surface area contributed by atoms with Gasteiger partial charge in [0.15, 0.2) is 0 Å². The van der Waals surface area contributed by atoms with E-state index in [0.717, 1.165) is 32.8 Å². The predicted octanol–water partition coefficient (Wildman–Crippen LogP) is 1.38. The number of hydrogen-bond acceptors (Lipinski definition) is 4. The van der Waals surface area contributed by atoms with Crippen LogP contribution in [0.4, 0.5) is 5.69 Å². The van der Waals surface area contributed by atoms with Crippen molar-refractivity contribution in [2.45, 2.75) is 25.4 Å². The van der Waals surface area contributed by atoms with Crippen LogP contribution in [0.2, 0.25) is 0 Å². The summed E-state index contributed by atoms with van der Waals surface area (Å²) in [5.41, 5.74) is 1.38. The molecule has 3 heterocycles. The lowest BCUT2D eigenvalue weighted by Gasteiger charge is -2.51. The Morgan fingerprint density at radius 2 is 2.17 bits per heavy atom. The van der Waals surface area contributed by atoms with Gasteiger partial charge < -0.3 is 9.64 Å². The third-order valence-corrected chi connectivity index (χ3v) is 4.03. The highest BCUT2D eigenvalue weighted by atomic mass is 16.5. The van der Waals surface area contributed by atoms with E-state index in [2.05, 4.69) is 34.7 Å². The number of aromatic nitrogens is 1. The van der Waals surface area contributed by atoms with Gasteiger partial charge in [0.25, 0.3) is 0 Å². The minimum absolute atomic E-state index is 0.150. The molecule has 0 unspecified atom stereocenters. The summed E-state index contributed by atoms with van der Waals surface area (Å²) in [5, 5.41) is 0. The Morgan fingerprint density at radius 3 is 2.72 bits per heavy atom. The lowest BCUT2D eigenvalue weighted by atomic mass is 9.96. The quantitative estimate of drug-likeness (QED) is 0.789. The molecule has 98 valence electrons. The summed E-state index contributed by atoms with van der Waals surface area (Å²) in [6.45, 7) is 9.71. The smallest absolute Gasteiger partial charge is 0.0645 e. The molecule has 18 heavy (non-hydrogen) atoms. The fourth-order valence-electron chi connectivity index (χ4n) is 2.93. The molecule has 0 saturated carbocycles. The Hall–Kier alpha value is -1.13. The van der Waals surface area contributed by atoms with Crippen molar-refractivity contribution in [1.29, 1.82) is 0 Å². The van der Waals surface area contributed by atoms with Gasteiger partial charge >= 0.3 is 0 Å². The van der Waals surface area contributed by atoms with Crippen LogP contribution in [0.3, 0.4) is 0 Å². The third kappa shape index (κ3) is 2.10. The molecule has 2 aliphatic rings. The maximum atomic E-state index is 5.30. The molecule has 4 nitrogen and oxygen atoms in total. The van der Waals surface area contributed by atoms with Crippen molar-refractivity contribution in [3.8, 4) is 0 Å². The van der Waals surface area contributed by atoms with Gasteiger partial charge in [0, 0.05) is 31.4 Å². The zero-order chi connectivity index (χ0) is 12.6. The van der Waals surface area contributed by atoms with Crippen molar-refractivity contribution in [1.82, 2.24) is 9.88 Å². The van der Waals surface area contributed by atoms with E-state index < -0.39 is 0 Å². The fourth-order valence-corrected chi connectivity index (χ4v) is 2.93. The molecule has 3 rings (SSSR count). The van der Waals surface area contributed by atoms with Crippen LogP contribution in [0.15, 0.2) is 24.5 Å².